The van der Waals surface area contributed by atoms with E-state index in [-0.39, 0.29) is 23.0 Å². The maximum absolute atomic E-state index is 8.22. The molecule has 0 N–H and O–H groups in total. The first-order valence-corrected chi connectivity index (χ1v) is 35.9. The van der Waals surface area contributed by atoms with Crippen molar-refractivity contribution in [2.24, 2.45) is 0 Å². The molecule has 8 heteroatoms. The first-order valence-electron chi connectivity index (χ1n) is 33.1. The quantitative estimate of drug-likeness (QED) is 0.0689. The highest BCUT2D eigenvalue weighted by molar-refractivity contribution is 7.33. The first-order chi connectivity index (χ1) is 46.0. The number of anilines is 12. The SMILES string of the molecule is [C-]#[N+]c1ccc(N2c3cc([Si](c4ccccc4)(c4ccccc4)c4ccccc4)cc4c3B(c3ccc(N(c5ccc(C(C)(C)C)cc5)c5ccc(C(C)(C)C)cc5)cc3N4c3ccccc3N(c3ccccc3)c3ccccc3)c3sc4ccc(C(C)(C)C)cc4c32)cc1. The summed E-state index contributed by atoms with van der Waals surface area (Å²) in [6, 6.07) is 111. The summed E-state index contributed by atoms with van der Waals surface area (Å²) in [5, 5.41) is 6.34. The molecule has 12 aromatic carbocycles. The van der Waals surface area contributed by atoms with E-state index in [0.29, 0.717) is 5.69 Å². The van der Waals surface area contributed by atoms with Gasteiger partial charge in [-0.05, 0) is 174 Å². The van der Waals surface area contributed by atoms with Crippen molar-refractivity contribution in [3.8, 4) is 0 Å². The molecule has 0 saturated carbocycles. The number of hydrogen-bond acceptors (Lipinski definition) is 5. The highest BCUT2D eigenvalue weighted by atomic mass is 32.1. The summed E-state index contributed by atoms with van der Waals surface area (Å²) in [5.74, 6) is 0. The fraction of sp³-hybridized carbons (Fsp3) is 0.138. The Morgan fingerprint density at radius 1 is 0.379 bits per heavy atom. The molecule has 0 fully saturated rings. The molecule has 0 radical (unpaired) electrons. The lowest BCUT2D eigenvalue weighted by atomic mass is 9.36. The topological polar surface area (TPSA) is 17.3 Å². The summed E-state index contributed by atoms with van der Waals surface area (Å²) >= 11 is 1.92. The van der Waals surface area contributed by atoms with Crippen LogP contribution in [0.4, 0.5) is 73.9 Å². The second-order valence-electron chi connectivity index (χ2n) is 28.5. The van der Waals surface area contributed by atoms with E-state index in [4.69, 9.17) is 6.57 Å². The van der Waals surface area contributed by atoms with Gasteiger partial charge in [-0.3, -0.25) is 0 Å². The summed E-state index contributed by atoms with van der Waals surface area (Å²) in [6.45, 7) is 28.7. The molecule has 0 bridgehead atoms. The van der Waals surface area contributed by atoms with Gasteiger partial charge in [-0.15, -0.1) is 11.3 Å². The molecule has 0 unspecified atom stereocenters. The lowest BCUT2D eigenvalue weighted by molar-refractivity contribution is 0.590. The van der Waals surface area contributed by atoms with Gasteiger partial charge in [0, 0.05) is 66.0 Å². The molecule has 15 rings (SSSR count). The number of fused-ring (bicyclic) bond motifs is 6. The van der Waals surface area contributed by atoms with Crippen LogP contribution in [0.15, 0.2) is 297 Å². The van der Waals surface area contributed by atoms with Crippen molar-refractivity contribution < 1.29 is 0 Å². The molecule has 13 aromatic rings. The second kappa shape index (κ2) is 23.8. The lowest BCUT2D eigenvalue weighted by Gasteiger charge is -2.46. The van der Waals surface area contributed by atoms with Gasteiger partial charge in [-0.1, -0.05) is 250 Å². The molecule has 0 atom stereocenters. The Labute approximate surface area is 566 Å². The zero-order valence-electron chi connectivity index (χ0n) is 55.5. The van der Waals surface area contributed by atoms with E-state index in [0.717, 1.165) is 62.6 Å². The van der Waals surface area contributed by atoms with Crippen molar-refractivity contribution in [2.45, 2.75) is 78.6 Å². The maximum Gasteiger partial charge on any atom is 0.264 e. The van der Waals surface area contributed by atoms with Gasteiger partial charge in [0.25, 0.3) is 6.71 Å². The van der Waals surface area contributed by atoms with Gasteiger partial charge in [-0.25, -0.2) is 4.85 Å². The number of hydrogen-bond donors (Lipinski definition) is 0. The molecular weight excluding hydrogens is 1190 g/mol. The minimum absolute atomic E-state index is 0.0333. The summed E-state index contributed by atoms with van der Waals surface area (Å²) < 4.78 is 2.52. The number of thiophene rings is 1. The van der Waals surface area contributed by atoms with E-state index in [1.54, 1.807) is 0 Å². The summed E-state index contributed by atoms with van der Waals surface area (Å²) in [6.07, 6.45) is 0. The third kappa shape index (κ3) is 10.6. The summed E-state index contributed by atoms with van der Waals surface area (Å²) in [4.78, 5) is 14.1. The van der Waals surface area contributed by atoms with Crippen LogP contribution in [0.2, 0.25) is 0 Å². The molecule has 0 aliphatic carbocycles. The number of rotatable bonds is 12. The van der Waals surface area contributed by atoms with Crippen LogP contribution in [0.3, 0.4) is 0 Å². The molecule has 5 nitrogen and oxygen atoms in total. The molecule has 2 aliphatic heterocycles. The molecule has 0 saturated heterocycles. The molecule has 3 heterocycles. The van der Waals surface area contributed by atoms with Gasteiger partial charge in [-0.2, -0.15) is 0 Å². The Morgan fingerprint density at radius 2 is 0.821 bits per heavy atom. The van der Waals surface area contributed by atoms with Crippen LogP contribution in [-0.4, -0.2) is 14.8 Å². The average Bonchev–Trinajstić information content (AvgIpc) is 1.68. The first kappa shape index (κ1) is 60.8. The second-order valence-corrected chi connectivity index (χ2v) is 33.3. The minimum atomic E-state index is -3.34. The third-order valence-corrected chi connectivity index (χ3v) is 25.4. The Kier molecular flexibility index (Phi) is 15.3. The van der Waals surface area contributed by atoms with Gasteiger partial charge >= 0.3 is 0 Å². The smallest absolute Gasteiger partial charge is 0.264 e. The standard InChI is InChI=1S/C87H76BN5SSi/c1-85(2,3)60-40-47-66(48-41-60)90(67-49-42-61(43-50-67)86(4,5)6)69-53-54-75-78(57-69)93(77-39-27-26-38-76(77)91(64-28-16-11-17-29-64)65-30-18-12-19-31-65)80-59-73(95(70-32-20-13-21-33-70,71-34-22-14-23-35-71)72-36-24-15-25-37-72)58-79-82(80)88(75)84-83(92(79)68-51-45-63(89-10)46-52-68)74-56-62(87(7,8)9)44-55-81(74)94-84/h11-59H,1-9H3. The molecule has 462 valence electrons. The minimum Gasteiger partial charge on any atom is -0.310 e. The van der Waals surface area contributed by atoms with Gasteiger partial charge in [0.1, 0.15) is 0 Å². The normalized spacial score (nSPS) is 12.8. The van der Waals surface area contributed by atoms with E-state index < -0.39 is 8.07 Å². The Morgan fingerprint density at radius 3 is 1.32 bits per heavy atom. The summed E-state index contributed by atoms with van der Waals surface area (Å²) in [7, 11) is -3.34. The zero-order chi connectivity index (χ0) is 65.4. The van der Waals surface area contributed by atoms with Crippen molar-refractivity contribution >= 4 is 147 Å². The van der Waals surface area contributed by atoms with E-state index in [1.165, 1.54) is 68.9 Å². The Hall–Kier alpha value is -10.4. The number of para-hydroxylation sites is 4. The zero-order valence-corrected chi connectivity index (χ0v) is 57.3. The van der Waals surface area contributed by atoms with Crippen molar-refractivity contribution in [3.63, 3.8) is 0 Å². The van der Waals surface area contributed by atoms with Crippen molar-refractivity contribution in [1.82, 2.24) is 0 Å². The van der Waals surface area contributed by atoms with E-state index in [1.807, 2.05) is 23.5 Å². The predicted octanol–water partition coefficient (Wildman–Crippen LogP) is 19.7. The van der Waals surface area contributed by atoms with E-state index >= 15 is 0 Å². The highest BCUT2D eigenvalue weighted by Crippen LogP contribution is 2.52. The maximum atomic E-state index is 8.22. The van der Waals surface area contributed by atoms with Crippen molar-refractivity contribution in [1.29, 1.82) is 0 Å². The van der Waals surface area contributed by atoms with E-state index in [2.05, 4.69) is 372 Å². The van der Waals surface area contributed by atoms with Gasteiger partial charge in [0.2, 0.25) is 0 Å². The molecule has 1 aromatic heterocycles. The molecule has 0 amide bonds. The monoisotopic (exact) mass is 1260 g/mol. The molecule has 2 aliphatic rings. The van der Waals surface area contributed by atoms with Gasteiger partial charge < -0.3 is 19.6 Å². The molecule has 95 heavy (non-hydrogen) atoms. The molecular formula is C87H76BN5SSi. The van der Waals surface area contributed by atoms with Crippen molar-refractivity contribution in [3.05, 3.63) is 325 Å². The van der Waals surface area contributed by atoms with Crippen LogP contribution in [-0.2, 0) is 16.2 Å². The summed E-state index contributed by atoms with van der Waals surface area (Å²) in [5.41, 5.74) is 19.6. The third-order valence-electron chi connectivity index (χ3n) is 19.4. The average molecular weight is 1260 g/mol. The number of benzene rings is 12. The van der Waals surface area contributed by atoms with Gasteiger partial charge in [0.05, 0.1) is 23.6 Å². The van der Waals surface area contributed by atoms with Gasteiger partial charge in [0.15, 0.2) is 13.8 Å². The highest BCUT2D eigenvalue weighted by Gasteiger charge is 2.49. The fourth-order valence-electron chi connectivity index (χ4n) is 14.6. The fourth-order valence-corrected chi connectivity index (χ4v) is 20.7. The van der Waals surface area contributed by atoms with Crippen molar-refractivity contribution in [2.75, 3.05) is 19.6 Å². The predicted molar refractivity (Wildman–Crippen MR) is 411 cm³/mol. The van der Waals surface area contributed by atoms with Crippen LogP contribution in [0.1, 0.15) is 79.0 Å². The lowest BCUT2D eigenvalue weighted by Crippen LogP contribution is -2.75. The Bertz CT molecular complexity index is 4820. The number of nitrogens with zero attached hydrogens (tertiary/aromatic N) is 5. The van der Waals surface area contributed by atoms with Crippen LogP contribution in [0.5, 0.6) is 0 Å². The largest absolute Gasteiger partial charge is 0.310 e. The van der Waals surface area contributed by atoms with E-state index in [9.17, 15) is 0 Å². The molecule has 0 spiro atoms. The van der Waals surface area contributed by atoms with Crippen LogP contribution < -0.4 is 56.0 Å². The Balaban J connectivity index is 1.12. The van der Waals surface area contributed by atoms with Crippen LogP contribution >= 0.6 is 11.3 Å². The van der Waals surface area contributed by atoms with Crippen LogP contribution in [0.25, 0.3) is 14.9 Å². The van der Waals surface area contributed by atoms with Crippen LogP contribution in [0, 0.1) is 6.57 Å².